The largest absolute Gasteiger partial charge is 0.462 e. The van der Waals surface area contributed by atoms with Gasteiger partial charge in [0.15, 0.2) is 5.78 Å². The van der Waals surface area contributed by atoms with Crippen LogP contribution in [0.25, 0.3) is 5.70 Å². The van der Waals surface area contributed by atoms with Gasteiger partial charge in [-0.2, -0.15) is 0 Å². The summed E-state index contributed by atoms with van der Waals surface area (Å²) in [6, 6.07) is 9.88. The third-order valence-corrected chi connectivity index (χ3v) is 5.42. The molecule has 3 rings (SSSR count). The smallest absolute Gasteiger partial charge is 0.269 e. The van der Waals surface area contributed by atoms with E-state index in [1.54, 1.807) is 37.5 Å². The molecule has 1 heterocycles. The number of ketones is 1. The van der Waals surface area contributed by atoms with Crippen LogP contribution in [0.15, 0.2) is 65.2 Å². The number of hydrogen-bond donors (Lipinski definition) is 1. The lowest BCUT2D eigenvalue weighted by molar-refractivity contribution is -0.384. The number of rotatable bonds is 6. The summed E-state index contributed by atoms with van der Waals surface area (Å²) in [7, 11) is 0. The molecule has 0 radical (unpaired) electrons. The number of benzene rings is 2. The Morgan fingerprint density at radius 2 is 1.86 bits per heavy atom. The summed E-state index contributed by atoms with van der Waals surface area (Å²) in [5.41, 5.74) is 4.63. The highest BCUT2D eigenvalue weighted by Gasteiger charge is 2.16. The van der Waals surface area contributed by atoms with Crippen molar-refractivity contribution in [1.82, 2.24) is 5.32 Å². The maximum Gasteiger partial charge on any atom is 0.269 e. The van der Waals surface area contributed by atoms with Crippen molar-refractivity contribution in [3.05, 3.63) is 97.6 Å². The van der Waals surface area contributed by atoms with Gasteiger partial charge in [0.2, 0.25) is 0 Å². The van der Waals surface area contributed by atoms with Crippen molar-refractivity contribution >= 4 is 28.9 Å². The highest BCUT2D eigenvalue weighted by Crippen LogP contribution is 2.32. The van der Waals surface area contributed by atoms with Gasteiger partial charge in [-0.25, -0.2) is 0 Å². The molecule has 0 bridgehead atoms. The van der Waals surface area contributed by atoms with Crippen LogP contribution < -0.4 is 10.1 Å². The van der Waals surface area contributed by atoms with E-state index in [9.17, 15) is 14.9 Å². The number of carbonyl (C=O) groups is 1. The van der Waals surface area contributed by atoms with Gasteiger partial charge in [-0.3, -0.25) is 14.9 Å². The third-order valence-electron chi connectivity index (χ3n) is 4.61. The summed E-state index contributed by atoms with van der Waals surface area (Å²) in [4.78, 5) is 22.6. The zero-order valence-electron chi connectivity index (χ0n) is 16.3. The van der Waals surface area contributed by atoms with Gasteiger partial charge in [0.1, 0.15) is 17.0 Å². The minimum Gasteiger partial charge on any atom is -0.462 e. The van der Waals surface area contributed by atoms with Gasteiger partial charge in [-0.1, -0.05) is 18.3 Å². The standard InChI is InChI=1S/C22H20N2O4S/c1-13(2)22(25)18-9-10-20(15(4)14(18)3)28-11-21-23-19(12-29-21)16-5-7-17(8-6-16)24(26)27/h5-12,23H,1H2,2-4H3. The molecular weight excluding hydrogens is 388 g/mol. The Bertz CT molecular complexity index is 1070. The minimum absolute atomic E-state index is 0.0542. The van der Waals surface area contributed by atoms with Crippen molar-refractivity contribution in [1.29, 1.82) is 0 Å². The van der Waals surface area contributed by atoms with E-state index in [0.29, 0.717) is 16.9 Å². The Morgan fingerprint density at radius 1 is 1.17 bits per heavy atom. The van der Waals surface area contributed by atoms with E-state index in [-0.39, 0.29) is 11.5 Å². The summed E-state index contributed by atoms with van der Waals surface area (Å²) < 4.78 is 5.83. The molecule has 6 nitrogen and oxygen atoms in total. The predicted octanol–water partition coefficient (Wildman–Crippen LogP) is 5.48. The third kappa shape index (κ3) is 4.41. The van der Waals surface area contributed by atoms with Crippen molar-refractivity contribution in [2.24, 2.45) is 0 Å². The van der Waals surface area contributed by atoms with Crippen molar-refractivity contribution < 1.29 is 14.5 Å². The number of nitrogens with zero attached hydrogens (tertiary/aromatic N) is 1. The van der Waals surface area contributed by atoms with Gasteiger partial charge >= 0.3 is 0 Å². The monoisotopic (exact) mass is 408 g/mol. The zero-order valence-corrected chi connectivity index (χ0v) is 17.1. The van der Waals surface area contributed by atoms with Gasteiger partial charge in [-0.15, -0.1) is 0 Å². The van der Waals surface area contributed by atoms with Crippen LogP contribution in [0.1, 0.15) is 34.0 Å². The van der Waals surface area contributed by atoms with Crippen LogP contribution in [0.3, 0.4) is 0 Å². The first kappa shape index (κ1) is 20.4. The van der Waals surface area contributed by atoms with Gasteiger partial charge in [0.25, 0.3) is 5.69 Å². The lowest BCUT2D eigenvalue weighted by atomic mass is 9.96. The molecule has 0 atom stereocenters. The van der Waals surface area contributed by atoms with Crippen molar-refractivity contribution in [2.75, 3.05) is 0 Å². The van der Waals surface area contributed by atoms with Crippen LogP contribution in [0, 0.1) is 24.0 Å². The topological polar surface area (TPSA) is 81.5 Å². The molecule has 0 amide bonds. The Hall–Kier alpha value is -3.32. The number of non-ortho nitro benzene ring substituents is 1. The van der Waals surface area contributed by atoms with Crippen molar-refractivity contribution in [3.8, 4) is 5.75 Å². The maximum atomic E-state index is 12.2. The lowest BCUT2D eigenvalue weighted by Gasteiger charge is -2.12. The van der Waals surface area contributed by atoms with E-state index in [0.717, 1.165) is 27.4 Å². The van der Waals surface area contributed by atoms with E-state index < -0.39 is 4.92 Å². The number of thioether (sulfide) groups is 1. The van der Waals surface area contributed by atoms with Crippen LogP contribution in [-0.4, -0.2) is 10.7 Å². The number of ether oxygens (including phenoxy) is 1. The summed E-state index contributed by atoms with van der Waals surface area (Å²) in [5, 5.41) is 16.7. The van der Waals surface area contributed by atoms with E-state index in [4.69, 9.17) is 4.74 Å². The first-order chi connectivity index (χ1) is 13.8. The lowest BCUT2D eigenvalue weighted by Crippen LogP contribution is -2.06. The van der Waals surface area contributed by atoms with Gasteiger partial charge in [-0.05, 0) is 67.3 Å². The fraction of sp³-hybridized carbons (Fsp3) is 0.136. The molecule has 2 aromatic rings. The van der Waals surface area contributed by atoms with E-state index in [2.05, 4.69) is 11.9 Å². The average molecular weight is 408 g/mol. The Balaban J connectivity index is 1.70. The van der Waals surface area contributed by atoms with Crippen LogP contribution in [0.2, 0.25) is 0 Å². The SMILES string of the molecule is C=C(C)C(=O)c1ccc(OC=C2NC(c3ccc([N+](=O)[O-])cc3)=CS2)c(C)c1C. The number of nitrogens with one attached hydrogen (secondary N) is 1. The molecule has 0 spiro atoms. The normalized spacial score (nSPS) is 14.3. The number of Topliss-reactive ketones (excluding diaryl/α,β-unsaturated/α-hetero) is 1. The van der Waals surface area contributed by atoms with Gasteiger partial charge < -0.3 is 10.1 Å². The molecule has 2 aromatic carbocycles. The van der Waals surface area contributed by atoms with Gasteiger partial charge in [0, 0.05) is 23.1 Å². The first-order valence-electron chi connectivity index (χ1n) is 8.84. The number of nitro groups is 1. The number of hydrogen-bond acceptors (Lipinski definition) is 6. The second-order valence-electron chi connectivity index (χ2n) is 6.65. The van der Waals surface area contributed by atoms with Crippen molar-refractivity contribution in [3.63, 3.8) is 0 Å². The average Bonchev–Trinajstić information content (AvgIpc) is 3.17. The van der Waals surface area contributed by atoms with Crippen LogP contribution >= 0.6 is 11.8 Å². The molecule has 0 saturated heterocycles. The summed E-state index contributed by atoms with van der Waals surface area (Å²) >= 11 is 1.46. The zero-order chi connectivity index (χ0) is 21.1. The number of allylic oxidation sites excluding steroid dienone is 1. The van der Waals surface area contributed by atoms with E-state index in [1.165, 1.54) is 23.9 Å². The Labute approximate surface area is 173 Å². The maximum absolute atomic E-state index is 12.2. The highest BCUT2D eigenvalue weighted by atomic mass is 32.2. The molecule has 0 fully saturated rings. The van der Waals surface area contributed by atoms with E-state index >= 15 is 0 Å². The second kappa shape index (κ2) is 8.36. The molecular formula is C22H20N2O4S. The quantitative estimate of drug-likeness (QED) is 0.224. The van der Waals surface area contributed by atoms with Crippen LogP contribution in [-0.2, 0) is 0 Å². The fourth-order valence-electron chi connectivity index (χ4n) is 2.79. The minimum atomic E-state index is -0.423. The molecule has 148 valence electrons. The van der Waals surface area contributed by atoms with Crippen LogP contribution in [0.5, 0.6) is 5.75 Å². The molecule has 1 aliphatic heterocycles. The fourth-order valence-corrected chi connectivity index (χ4v) is 3.50. The molecule has 0 aromatic heterocycles. The second-order valence-corrected chi connectivity index (χ2v) is 7.56. The molecule has 0 unspecified atom stereocenters. The van der Waals surface area contributed by atoms with Crippen LogP contribution in [0.4, 0.5) is 5.69 Å². The first-order valence-corrected chi connectivity index (χ1v) is 9.72. The summed E-state index contributed by atoms with van der Waals surface area (Å²) in [6.07, 6.45) is 1.61. The molecule has 7 heteroatoms. The highest BCUT2D eigenvalue weighted by molar-refractivity contribution is 8.06. The molecule has 1 N–H and O–H groups in total. The summed E-state index contributed by atoms with van der Waals surface area (Å²) in [5.74, 6) is 0.597. The predicted molar refractivity (Wildman–Crippen MR) is 116 cm³/mol. The molecule has 1 aliphatic rings. The molecule has 0 aliphatic carbocycles. The number of carbonyl (C=O) groups excluding carboxylic acids is 1. The molecule has 29 heavy (non-hydrogen) atoms. The summed E-state index contributed by atoms with van der Waals surface area (Å²) in [6.45, 7) is 9.22. The molecule has 0 saturated carbocycles. The van der Waals surface area contributed by atoms with Gasteiger partial charge in [0.05, 0.1) is 10.6 Å². The Kier molecular flexibility index (Phi) is 5.89. The van der Waals surface area contributed by atoms with E-state index in [1.807, 2.05) is 19.3 Å². The number of nitro benzene ring substituents is 1. The Morgan fingerprint density at radius 3 is 2.48 bits per heavy atom. The van der Waals surface area contributed by atoms with Crippen molar-refractivity contribution in [2.45, 2.75) is 20.8 Å².